The number of hydrogen-bond donors (Lipinski definition) is 1. The van der Waals surface area contributed by atoms with Crippen LogP contribution in [0.2, 0.25) is 0 Å². The molecule has 1 aliphatic rings. The zero-order valence-electron chi connectivity index (χ0n) is 11.4. The van der Waals surface area contributed by atoms with E-state index < -0.39 is 0 Å². The summed E-state index contributed by atoms with van der Waals surface area (Å²) in [4.78, 5) is 13.9. The van der Waals surface area contributed by atoms with Crippen molar-refractivity contribution in [2.75, 3.05) is 19.6 Å². The van der Waals surface area contributed by atoms with Crippen molar-refractivity contribution in [1.29, 1.82) is 0 Å². The van der Waals surface area contributed by atoms with Crippen LogP contribution in [0.5, 0.6) is 0 Å². The monoisotopic (exact) mass is 318 g/mol. The van der Waals surface area contributed by atoms with Crippen LogP contribution < -0.4 is 5.73 Å². The molecule has 1 aliphatic heterocycles. The number of amides is 1. The first-order valence-corrected chi connectivity index (χ1v) is 8.27. The van der Waals surface area contributed by atoms with Crippen molar-refractivity contribution in [3.05, 3.63) is 0 Å². The summed E-state index contributed by atoms with van der Waals surface area (Å²) in [5.41, 5.74) is 5.45. The summed E-state index contributed by atoms with van der Waals surface area (Å²) in [6.45, 7) is 2.68. The SMILES string of the molecule is NCCCCCCCCCCN1CC(Br)CC1=O. The second kappa shape index (κ2) is 9.79. The molecule has 1 fully saturated rings. The highest BCUT2D eigenvalue weighted by atomic mass is 79.9. The summed E-state index contributed by atoms with van der Waals surface area (Å²) in [6.07, 6.45) is 10.9. The Morgan fingerprint density at radius 2 is 1.61 bits per heavy atom. The number of halogens is 1. The van der Waals surface area contributed by atoms with Gasteiger partial charge in [0, 0.05) is 24.3 Å². The molecule has 0 saturated carbocycles. The maximum Gasteiger partial charge on any atom is 0.223 e. The lowest BCUT2D eigenvalue weighted by atomic mass is 10.1. The highest BCUT2D eigenvalue weighted by Crippen LogP contribution is 2.18. The van der Waals surface area contributed by atoms with Crippen molar-refractivity contribution in [3.63, 3.8) is 0 Å². The maximum atomic E-state index is 11.5. The topological polar surface area (TPSA) is 46.3 Å². The molecule has 106 valence electrons. The van der Waals surface area contributed by atoms with Gasteiger partial charge in [-0.25, -0.2) is 0 Å². The van der Waals surface area contributed by atoms with Gasteiger partial charge < -0.3 is 10.6 Å². The van der Waals surface area contributed by atoms with Gasteiger partial charge in [-0.3, -0.25) is 4.79 Å². The summed E-state index contributed by atoms with van der Waals surface area (Å²) in [7, 11) is 0. The van der Waals surface area contributed by atoms with E-state index in [0.29, 0.717) is 17.2 Å². The van der Waals surface area contributed by atoms with Gasteiger partial charge >= 0.3 is 0 Å². The molecular formula is C14H27BrN2O. The first-order valence-electron chi connectivity index (χ1n) is 7.36. The summed E-state index contributed by atoms with van der Waals surface area (Å²) in [6, 6.07) is 0. The number of hydrogen-bond acceptors (Lipinski definition) is 2. The zero-order valence-corrected chi connectivity index (χ0v) is 13.0. The van der Waals surface area contributed by atoms with Crippen LogP contribution in [-0.2, 0) is 4.79 Å². The molecule has 0 spiro atoms. The van der Waals surface area contributed by atoms with Crippen LogP contribution in [0.25, 0.3) is 0 Å². The Labute approximate surface area is 120 Å². The highest BCUT2D eigenvalue weighted by Gasteiger charge is 2.26. The molecule has 2 N–H and O–H groups in total. The number of alkyl halides is 1. The number of unbranched alkanes of at least 4 members (excludes halogenated alkanes) is 7. The Hall–Kier alpha value is -0.0900. The van der Waals surface area contributed by atoms with Crippen LogP contribution >= 0.6 is 15.9 Å². The van der Waals surface area contributed by atoms with Crippen molar-refractivity contribution in [3.8, 4) is 0 Å². The minimum Gasteiger partial charge on any atom is -0.342 e. The highest BCUT2D eigenvalue weighted by molar-refractivity contribution is 9.09. The van der Waals surface area contributed by atoms with Gasteiger partial charge in [0.05, 0.1) is 0 Å². The Kier molecular flexibility index (Phi) is 8.68. The minimum absolute atomic E-state index is 0.318. The molecular weight excluding hydrogens is 292 g/mol. The first-order chi connectivity index (χ1) is 8.74. The molecule has 18 heavy (non-hydrogen) atoms. The third-order valence-corrected chi connectivity index (χ3v) is 4.16. The summed E-state index contributed by atoms with van der Waals surface area (Å²) in [5.74, 6) is 0.318. The molecule has 0 bridgehead atoms. The molecule has 0 aromatic carbocycles. The smallest absolute Gasteiger partial charge is 0.223 e. The summed E-state index contributed by atoms with van der Waals surface area (Å²) in [5, 5.41) is 0. The molecule has 1 rings (SSSR count). The molecule has 0 aromatic heterocycles. The third kappa shape index (κ3) is 6.74. The third-order valence-electron chi connectivity index (χ3n) is 3.55. The lowest BCUT2D eigenvalue weighted by Gasteiger charge is -2.15. The number of rotatable bonds is 10. The van der Waals surface area contributed by atoms with Gasteiger partial charge in [0.2, 0.25) is 5.91 Å². The Morgan fingerprint density at radius 3 is 2.11 bits per heavy atom. The zero-order chi connectivity index (χ0) is 13.2. The number of carbonyl (C=O) groups is 1. The van der Waals surface area contributed by atoms with E-state index in [-0.39, 0.29) is 0 Å². The van der Waals surface area contributed by atoms with Gasteiger partial charge in [0.25, 0.3) is 0 Å². The van der Waals surface area contributed by atoms with E-state index in [4.69, 9.17) is 5.73 Å². The van der Waals surface area contributed by atoms with Gasteiger partial charge in [-0.05, 0) is 19.4 Å². The lowest BCUT2D eigenvalue weighted by molar-refractivity contribution is -0.127. The van der Waals surface area contributed by atoms with E-state index >= 15 is 0 Å². The van der Waals surface area contributed by atoms with E-state index in [1.165, 1.54) is 44.9 Å². The standard InChI is InChI=1S/C14H27BrN2O/c15-13-11-14(18)17(12-13)10-8-6-4-2-1-3-5-7-9-16/h13H,1-12,16H2. The Bertz CT molecular complexity index is 236. The number of carbonyl (C=O) groups excluding carboxylic acids is 1. The predicted molar refractivity (Wildman–Crippen MR) is 79.9 cm³/mol. The van der Waals surface area contributed by atoms with Crippen LogP contribution in [0.15, 0.2) is 0 Å². The van der Waals surface area contributed by atoms with Crippen molar-refractivity contribution < 1.29 is 4.79 Å². The number of nitrogens with zero attached hydrogens (tertiary/aromatic N) is 1. The van der Waals surface area contributed by atoms with Gasteiger partial charge in [-0.15, -0.1) is 0 Å². The second-order valence-corrected chi connectivity index (χ2v) is 6.55. The molecule has 1 amide bonds. The van der Waals surface area contributed by atoms with Gasteiger partial charge in [-0.2, -0.15) is 0 Å². The molecule has 1 heterocycles. The van der Waals surface area contributed by atoms with Crippen LogP contribution in [0.3, 0.4) is 0 Å². The fourth-order valence-electron chi connectivity index (χ4n) is 2.45. The average molecular weight is 319 g/mol. The maximum absolute atomic E-state index is 11.5. The molecule has 3 nitrogen and oxygen atoms in total. The average Bonchev–Trinajstić information content (AvgIpc) is 2.66. The van der Waals surface area contributed by atoms with Crippen LogP contribution in [0.4, 0.5) is 0 Å². The van der Waals surface area contributed by atoms with Gasteiger partial charge in [0.15, 0.2) is 0 Å². The second-order valence-electron chi connectivity index (χ2n) is 5.26. The molecule has 0 aromatic rings. The van der Waals surface area contributed by atoms with Gasteiger partial charge in [-0.1, -0.05) is 54.5 Å². The molecule has 1 saturated heterocycles. The molecule has 1 atom stereocenters. The van der Waals surface area contributed by atoms with Crippen molar-refractivity contribution >= 4 is 21.8 Å². The fraction of sp³-hybridized carbons (Fsp3) is 0.929. The van der Waals surface area contributed by atoms with Crippen LogP contribution in [0, 0.1) is 0 Å². The summed E-state index contributed by atoms with van der Waals surface area (Å²) < 4.78 is 0. The minimum atomic E-state index is 0.318. The largest absolute Gasteiger partial charge is 0.342 e. The molecule has 4 heteroatoms. The Balaban J connectivity index is 1.85. The number of nitrogens with two attached hydrogens (primary N) is 1. The van der Waals surface area contributed by atoms with E-state index in [1.807, 2.05) is 4.90 Å². The first kappa shape index (κ1) is 16.0. The van der Waals surface area contributed by atoms with E-state index in [2.05, 4.69) is 15.9 Å². The van der Waals surface area contributed by atoms with Crippen LogP contribution in [0.1, 0.15) is 57.8 Å². The number of likely N-dealkylation sites (tertiary alicyclic amines) is 1. The molecule has 0 aliphatic carbocycles. The van der Waals surface area contributed by atoms with Crippen molar-refractivity contribution in [1.82, 2.24) is 4.90 Å². The fourth-order valence-corrected chi connectivity index (χ4v) is 3.07. The van der Waals surface area contributed by atoms with E-state index in [9.17, 15) is 4.79 Å². The Morgan fingerprint density at radius 1 is 1.06 bits per heavy atom. The summed E-state index contributed by atoms with van der Waals surface area (Å²) >= 11 is 3.51. The predicted octanol–water partition coefficient (Wildman–Crippen LogP) is 3.06. The van der Waals surface area contributed by atoms with Crippen molar-refractivity contribution in [2.45, 2.75) is 62.6 Å². The molecule has 1 unspecified atom stereocenters. The molecule has 0 radical (unpaired) electrons. The van der Waals surface area contributed by atoms with Gasteiger partial charge in [0.1, 0.15) is 0 Å². The lowest BCUT2D eigenvalue weighted by Crippen LogP contribution is -2.26. The normalized spacial score (nSPS) is 19.8. The van der Waals surface area contributed by atoms with E-state index in [1.54, 1.807) is 0 Å². The van der Waals surface area contributed by atoms with E-state index in [0.717, 1.165) is 26.1 Å². The van der Waals surface area contributed by atoms with Crippen LogP contribution in [-0.4, -0.2) is 35.3 Å². The van der Waals surface area contributed by atoms with Crippen molar-refractivity contribution in [2.24, 2.45) is 5.73 Å². The quantitative estimate of drug-likeness (QED) is 0.497.